The highest BCUT2D eigenvalue weighted by Crippen LogP contribution is 2.20. The quantitative estimate of drug-likeness (QED) is 0.781. The summed E-state index contributed by atoms with van der Waals surface area (Å²) in [5.41, 5.74) is 6.64. The summed E-state index contributed by atoms with van der Waals surface area (Å²) in [5, 5.41) is 8.54. The fraction of sp³-hybridized carbons (Fsp3) is 0.364. The highest BCUT2D eigenvalue weighted by molar-refractivity contribution is 5.34. The van der Waals surface area contributed by atoms with E-state index >= 15 is 0 Å². The molecular weight excluding hydrogens is 179 g/mol. The van der Waals surface area contributed by atoms with Crippen LogP contribution in [0.5, 0.6) is 0 Å². The predicted octanol–water partition coefficient (Wildman–Crippen LogP) is 2.35. The summed E-state index contributed by atoms with van der Waals surface area (Å²) in [7, 11) is 0. The van der Waals surface area contributed by atoms with E-state index in [0.29, 0.717) is 0 Å². The first-order chi connectivity index (χ1) is 6.56. The van der Waals surface area contributed by atoms with Crippen molar-refractivity contribution in [2.75, 3.05) is 0 Å². The van der Waals surface area contributed by atoms with Crippen molar-refractivity contribution in [1.29, 1.82) is 5.26 Å². The third-order valence-electron chi connectivity index (χ3n) is 2.22. The van der Waals surface area contributed by atoms with Crippen LogP contribution in [0.25, 0.3) is 0 Å². The van der Waals surface area contributed by atoms with Gasteiger partial charge in [-0.25, -0.2) is 4.39 Å². The first kappa shape index (κ1) is 10.7. The second-order valence-corrected chi connectivity index (χ2v) is 3.62. The molecule has 0 saturated heterocycles. The minimum Gasteiger partial charge on any atom is -0.324 e. The van der Waals surface area contributed by atoms with E-state index in [2.05, 4.69) is 0 Å². The summed E-state index contributed by atoms with van der Waals surface area (Å²) < 4.78 is 13.2. The fourth-order valence-corrected chi connectivity index (χ4v) is 1.21. The Hall–Kier alpha value is -1.40. The molecule has 0 aliphatic rings. The maximum Gasteiger partial charge on any atom is 0.141 e. The van der Waals surface area contributed by atoms with Crippen LogP contribution >= 0.6 is 0 Å². The molecule has 0 aliphatic heterocycles. The molecule has 0 bridgehead atoms. The second-order valence-electron chi connectivity index (χ2n) is 3.62. The summed E-state index contributed by atoms with van der Waals surface area (Å²) in [6.45, 7) is 3.95. The van der Waals surface area contributed by atoms with Gasteiger partial charge in [-0.2, -0.15) is 5.26 Å². The lowest BCUT2D eigenvalue weighted by Crippen LogP contribution is -2.16. The zero-order valence-corrected chi connectivity index (χ0v) is 8.29. The topological polar surface area (TPSA) is 49.8 Å². The molecule has 0 aliphatic carbocycles. The molecule has 14 heavy (non-hydrogen) atoms. The minimum absolute atomic E-state index is 0.0599. The molecule has 1 atom stereocenters. The number of hydrogen-bond donors (Lipinski definition) is 1. The number of nitrogens with zero attached hydrogens (tertiary/aromatic N) is 1. The first-order valence-corrected chi connectivity index (χ1v) is 4.51. The van der Waals surface area contributed by atoms with Gasteiger partial charge in [0.1, 0.15) is 11.9 Å². The van der Waals surface area contributed by atoms with Gasteiger partial charge in [0.25, 0.3) is 0 Å². The molecule has 0 spiro atoms. The number of nitrogens with two attached hydrogens (primary N) is 1. The molecule has 1 rings (SSSR count). The summed E-state index contributed by atoms with van der Waals surface area (Å²) in [6.07, 6.45) is 0. The van der Waals surface area contributed by atoms with Gasteiger partial charge in [0, 0.05) is 6.04 Å². The Morgan fingerprint density at radius 1 is 1.43 bits per heavy atom. The number of rotatable bonds is 2. The van der Waals surface area contributed by atoms with Crippen molar-refractivity contribution in [3.63, 3.8) is 0 Å². The van der Waals surface area contributed by atoms with Crippen LogP contribution in [0.4, 0.5) is 4.39 Å². The Morgan fingerprint density at radius 2 is 2.07 bits per heavy atom. The standard InChI is InChI=1S/C11H13FN2/c1-7(2)11(14)8-3-4-9(6-13)10(12)5-8/h3-5,7,11H,14H2,1-2H3/t11-/m0/s1. The van der Waals surface area contributed by atoms with Crippen LogP contribution in [0.3, 0.4) is 0 Å². The second kappa shape index (κ2) is 4.21. The van der Waals surface area contributed by atoms with E-state index in [4.69, 9.17) is 11.0 Å². The van der Waals surface area contributed by atoms with E-state index in [9.17, 15) is 4.39 Å². The summed E-state index contributed by atoms with van der Waals surface area (Å²) >= 11 is 0. The van der Waals surface area contributed by atoms with Crippen LogP contribution < -0.4 is 5.73 Å². The molecule has 1 aromatic carbocycles. The average molecular weight is 192 g/mol. The smallest absolute Gasteiger partial charge is 0.141 e. The lowest BCUT2D eigenvalue weighted by atomic mass is 9.96. The zero-order valence-electron chi connectivity index (χ0n) is 8.29. The molecule has 74 valence electrons. The average Bonchev–Trinajstić information content (AvgIpc) is 2.16. The van der Waals surface area contributed by atoms with Crippen molar-refractivity contribution in [2.45, 2.75) is 19.9 Å². The number of nitriles is 1. The van der Waals surface area contributed by atoms with Crippen LogP contribution in [0, 0.1) is 23.1 Å². The zero-order chi connectivity index (χ0) is 10.7. The maximum atomic E-state index is 13.2. The third kappa shape index (κ3) is 2.09. The molecule has 0 unspecified atom stereocenters. The molecule has 0 aromatic heterocycles. The molecule has 0 heterocycles. The lowest BCUT2D eigenvalue weighted by Gasteiger charge is -2.15. The van der Waals surface area contributed by atoms with Crippen molar-refractivity contribution in [2.24, 2.45) is 11.7 Å². The van der Waals surface area contributed by atoms with Gasteiger partial charge in [0.2, 0.25) is 0 Å². The van der Waals surface area contributed by atoms with Crippen LogP contribution in [0.15, 0.2) is 18.2 Å². The first-order valence-electron chi connectivity index (χ1n) is 4.51. The maximum absolute atomic E-state index is 13.2. The molecule has 0 saturated carbocycles. The Morgan fingerprint density at radius 3 is 2.50 bits per heavy atom. The highest BCUT2D eigenvalue weighted by Gasteiger charge is 2.12. The lowest BCUT2D eigenvalue weighted by molar-refractivity contribution is 0.510. The Kier molecular flexibility index (Phi) is 3.21. The van der Waals surface area contributed by atoms with E-state index in [1.165, 1.54) is 12.1 Å². The normalized spacial score (nSPS) is 12.6. The van der Waals surface area contributed by atoms with Gasteiger partial charge in [-0.3, -0.25) is 0 Å². The molecule has 2 N–H and O–H groups in total. The SMILES string of the molecule is CC(C)[C@H](N)c1ccc(C#N)c(F)c1. The monoisotopic (exact) mass is 192 g/mol. The van der Waals surface area contributed by atoms with Crippen molar-refractivity contribution < 1.29 is 4.39 Å². The van der Waals surface area contributed by atoms with Crippen LogP contribution in [-0.2, 0) is 0 Å². The summed E-state index contributed by atoms with van der Waals surface area (Å²) in [4.78, 5) is 0. The number of benzene rings is 1. The third-order valence-corrected chi connectivity index (χ3v) is 2.22. The number of halogens is 1. The van der Waals surface area contributed by atoms with Gasteiger partial charge in [-0.15, -0.1) is 0 Å². The largest absolute Gasteiger partial charge is 0.324 e. The van der Waals surface area contributed by atoms with Gasteiger partial charge in [0.05, 0.1) is 5.56 Å². The Labute approximate surface area is 83.2 Å². The summed E-state index contributed by atoms with van der Waals surface area (Å²) in [5.74, 6) is -0.247. The van der Waals surface area contributed by atoms with E-state index < -0.39 is 5.82 Å². The summed E-state index contributed by atoms with van der Waals surface area (Å²) in [6, 6.07) is 6.09. The van der Waals surface area contributed by atoms with Crippen LogP contribution in [-0.4, -0.2) is 0 Å². The predicted molar refractivity (Wildman–Crippen MR) is 52.9 cm³/mol. The highest BCUT2D eigenvalue weighted by atomic mass is 19.1. The van der Waals surface area contributed by atoms with E-state index in [1.807, 2.05) is 13.8 Å². The van der Waals surface area contributed by atoms with Crippen molar-refractivity contribution >= 4 is 0 Å². The molecule has 2 nitrogen and oxygen atoms in total. The van der Waals surface area contributed by atoms with E-state index in [0.717, 1.165) is 5.56 Å². The van der Waals surface area contributed by atoms with Gasteiger partial charge in [-0.1, -0.05) is 19.9 Å². The van der Waals surface area contributed by atoms with Crippen molar-refractivity contribution in [3.8, 4) is 6.07 Å². The fourth-order valence-electron chi connectivity index (χ4n) is 1.21. The molecule has 1 aromatic rings. The van der Waals surface area contributed by atoms with Crippen molar-refractivity contribution in [3.05, 3.63) is 35.1 Å². The van der Waals surface area contributed by atoms with Gasteiger partial charge >= 0.3 is 0 Å². The molecule has 0 radical (unpaired) electrons. The van der Waals surface area contributed by atoms with Gasteiger partial charge < -0.3 is 5.73 Å². The molecular formula is C11H13FN2. The molecule has 0 amide bonds. The van der Waals surface area contributed by atoms with Gasteiger partial charge in [0.15, 0.2) is 0 Å². The van der Waals surface area contributed by atoms with Crippen LogP contribution in [0.2, 0.25) is 0 Å². The van der Waals surface area contributed by atoms with E-state index in [-0.39, 0.29) is 17.5 Å². The molecule has 3 heteroatoms. The van der Waals surface area contributed by atoms with Crippen LogP contribution in [0.1, 0.15) is 31.0 Å². The molecule has 0 fully saturated rings. The minimum atomic E-state index is -0.499. The van der Waals surface area contributed by atoms with E-state index in [1.54, 1.807) is 12.1 Å². The Bertz CT molecular complexity index is 366. The van der Waals surface area contributed by atoms with Crippen molar-refractivity contribution in [1.82, 2.24) is 0 Å². The van der Waals surface area contributed by atoms with Gasteiger partial charge in [-0.05, 0) is 23.6 Å². The number of hydrogen-bond acceptors (Lipinski definition) is 2. The Balaban J connectivity index is 3.04.